The van der Waals surface area contributed by atoms with Crippen LogP contribution >= 0.6 is 0 Å². The molecule has 2 aromatic carbocycles. The van der Waals surface area contributed by atoms with Crippen molar-refractivity contribution in [3.63, 3.8) is 0 Å². The fourth-order valence-electron chi connectivity index (χ4n) is 3.92. The van der Waals surface area contributed by atoms with Crippen LogP contribution in [0.15, 0.2) is 67.3 Å². The van der Waals surface area contributed by atoms with E-state index in [0.717, 1.165) is 59.8 Å². The summed E-state index contributed by atoms with van der Waals surface area (Å²) >= 11 is 0. The molecule has 0 saturated carbocycles. The predicted molar refractivity (Wildman–Crippen MR) is 131 cm³/mol. The molecule has 0 radical (unpaired) electrons. The molecule has 0 fully saturated rings. The molecule has 32 heavy (non-hydrogen) atoms. The molecule has 1 heterocycles. The molecule has 5 nitrogen and oxygen atoms in total. The van der Waals surface area contributed by atoms with E-state index in [1.54, 1.807) is 0 Å². The van der Waals surface area contributed by atoms with E-state index in [0.29, 0.717) is 13.1 Å². The molecule has 0 bridgehead atoms. The fraction of sp³-hybridized carbons (Fsp3) is 0.370. The van der Waals surface area contributed by atoms with Gasteiger partial charge < -0.3 is 9.84 Å². The smallest absolute Gasteiger partial charge is 0.222 e. The van der Waals surface area contributed by atoms with Crippen molar-refractivity contribution in [3.05, 3.63) is 78.4 Å². The van der Waals surface area contributed by atoms with Crippen molar-refractivity contribution in [2.45, 2.75) is 45.8 Å². The van der Waals surface area contributed by atoms with E-state index in [1.165, 1.54) is 0 Å². The lowest BCUT2D eigenvalue weighted by atomic mass is 10.1. The van der Waals surface area contributed by atoms with Gasteiger partial charge in [-0.05, 0) is 50.4 Å². The maximum Gasteiger partial charge on any atom is 0.222 e. The van der Waals surface area contributed by atoms with Gasteiger partial charge in [0, 0.05) is 25.7 Å². The number of rotatable bonds is 12. The van der Waals surface area contributed by atoms with Crippen LogP contribution in [0.25, 0.3) is 11.3 Å². The van der Waals surface area contributed by atoms with Crippen LogP contribution in [0.1, 0.15) is 37.3 Å². The summed E-state index contributed by atoms with van der Waals surface area (Å²) in [6.45, 7) is 10.1. The van der Waals surface area contributed by atoms with Crippen LogP contribution in [0.5, 0.6) is 11.6 Å². The molecule has 0 amide bonds. The molecule has 3 rings (SSSR count). The Labute approximate surface area is 192 Å². The quantitative estimate of drug-likeness (QED) is 0.371. The van der Waals surface area contributed by atoms with Gasteiger partial charge in [0.1, 0.15) is 11.4 Å². The third-order valence-corrected chi connectivity index (χ3v) is 5.43. The summed E-state index contributed by atoms with van der Waals surface area (Å²) in [7, 11) is 1.92. The summed E-state index contributed by atoms with van der Waals surface area (Å²) in [5.41, 5.74) is 4.15. The van der Waals surface area contributed by atoms with Gasteiger partial charge in [-0.25, -0.2) is 4.68 Å². The highest BCUT2D eigenvalue weighted by Crippen LogP contribution is 2.34. The molecule has 0 aliphatic rings. The molecule has 170 valence electrons. The van der Waals surface area contributed by atoms with Crippen LogP contribution in [0.2, 0.25) is 0 Å². The molecule has 1 atom stereocenters. The van der Waals surface area contributed by atoms with Gasteiger partial charge in [-0.1, -0.05) is 55.5 Å². The summed E-state index contributed by atoms with van der Waals surface area (Å²) in [6.07, 6.45) is 4.00. The standard InChI is InChI=1S/C27H35N3O2/c1-5-7-15-23(31)19-30(17-6-2)20-25-26(22-13-9-8-10-14-22)28-29(4)27(25)32-24-16-11-12-21(3)18-24/h5,8-14,16,18,23,31H,1,6-7,15,17,19-20H2,2-4H3/t23-/m0/s1. The van der Waals surface area contributed by atoms with Crippen LogP contribution in [0.4, 0.5) is 0 Å². The molecule has 0 saturated heterocycles. The van der Waals surface area contributed by atoms with Crippen molar-refractivity contribution in [3.8, 4) is 22.9 Å². The summed E-state index contributed by atoms with van der Waals surface area (Å²) in [6, 6.07) is 18.3. The second-order valence-corrected chi connectivity index (χ2v) is 8.30. The Balaban J connectivity index is 1.97. The molecule has 3 aromatic rings. The number of allylic oxidation sites excluding steroid dienone is 1. The minimum absolute atomic E-state index is 0.391. The largest absolute Gasteiger partial charge is 0.439 e. The summed E-state index contributed by atoms with van der Waals surface area (Å²) < 4.78 is 8.19. The molecule has 0 aliphatic heterocycles. The first-order valence-electron chi connectivity index (χ1n) is 11.4. The first-order valence-corrected chi connectivity index (χ1v) is 11.4. The van der Waals surface area contributed by atoms with E-state index < -0.39 is 6.10 Å². The van der Waals surface area contributed by atoms with Crippen molar-refractivity contribution in [2.75, 3.05) is 13.1 Å². The number of aryl methyl sites for hydroxylation is 2. The number of aromatic nitrogens is 2. The summed E-state index contributed by atoms with van der Waals surface area (Å²) in [4.78, 5) is 2.29. The fourth-order valence-corrected chi connectivity index (χ4v) is 3.92. The lowest BCUT2D eigenvalue weighted by molar-refractivity contribution is 0.102. The van der Waals surface area contributed by atoms with Gasteiger partial charge in [-0.15, -0.1) is 6.58 Å². The monoisotopic (exact) mass is 433 g/mol. The third kappa shape index (κ3) is 6.31. The predicted octanol–water partition coefficient (Wildman–Crippen LogP) is 5.73. The van der Waals surface area contributed by atoms with Crippen LogP contribution in [-0.4, -0.2) is 39.0 Å². The van der Waals surface area contributed by atoms with E-state index in [4.69, 9.17) is 9.84 Å². The number of aliphatic hydroxyl groups excluding tert-OH is 1. The van der Waals surface area contributed by atoms with Gasteiger partial charge in [-0.2, -0.15) is 5.10 Å². The molecular weight excluding hydrogens is 398 g/mol. The lowest BCUT2D eigenvalue weighted by Gasteiger charge is -2.25. The normalized spacial score (nSPS) is 12.2. The molecule has 1 aromatic heterocycles. The molecular formula is C27H35N3O2. The minimum Gasteiger partial charge on any atom is -0.439 e. The summed E-state index contributed by atoms with van der Waals surface area (Å²) in [5.74, 6) is 1.53. The Morgan fingerprint density at radius 3 is 2.66 bits per heavy atom. The third-order valence-electron chi connectivity index (χ3n) is 5.43. The van der Waals surface area contributed by atoms with E-state index in [9.17, 15) is 5.11 Å². The van der Waals surface area contributed by atoms with Crippen LogP contribution < -0.4 is 4.74 Å². The molecule has 1 N–H and O–H groups in total. The first kappa shape index (κ1) is 23.8. The average Bonchev–Trinajstić information content (AvgIpc) is 3.08. The Kier molecular flexibility index (Phi) is 8.65. The Bertz CT molecular complexity index is 997. The van der Waals surface area contributed by atoms with Gasteiger partial charge in [-0.3, -0.25) is 4.90 Å². The number of hydrogen-bond donors (Lipinski definition) is 1. The molecule has 5 heteroatoms. The Morgan fingerprint density at radius 1 is 1.19 bits per heavy atom. The second-order valence-electron chi connectivity index (χ2n) is 8.30. The molecule has 0 aliphatic carbocycles. The number of aliphatic hydroxyl groups is 1. The topological polar surface area (TPSA) is 50.5 Å². The number of ether oxygens (including phenoxy) is 1. The van der Waals surface area contributed by atoms with Gasteiger partial charge in [0.15, 0.2) is 0 Å². The maximum absolute atomic E-state index is 10.5. The van der Waals surface area contributed by atoms with Gasteiger partial charge in [0.25, 0.3) is 0 Å². The average molecular weight is 434 g/mol. The summed E-state index contributed by atoms with van der Waals surface area (Å²) in [5, 5.41) is 15.4. The zero-order valence-corrected chi connectivity index (χ0v) is 19.5. The van der Waals surface area contributed by atoms with E-state index in [1.807, 2.05) is 54.2 Å². The Morgan fingerprint density at radius 2 is 1.97 bits per heavy atom. The zero-order chi connectivity index (χ0) is 22.9. The lowest BCUT2D eigenvalue weighted by Crippen LogP contribution is -2.33. The van der Waals surface area contributed by atoms with Crippen LogP contribution in [-0.2, 0) is 13.6 Å². The minimum atomic E-state index is -0.391. The van der Waals surface area contributed by atoms with E-state index in [2.05, 4.69) is 43.5 Å². The first-order chi connectivity index (χ1) is 15.5. The second kappa shape index (κ2) is 11.7. The van der Waals surface area contributed by atoms with Crippen LogP contribution in [0.3, 0.4) is 0 Å². The van der Waals surface area contributed by atoms with Crippen molar-refractivity contribution in [1.82, 2.24) is 14.7 Å². The van der Waals surface area contributed by atoms with E-state index in [-0.39, 0.29) is 0 Å². The highest BCUT2D eigenvalue weighted by molar-refractivity contribution is 5.65. The van der Waals surface area contributed by atoms with Crippen LogP contribution in [0, 0.1) is 6.92 Å². The highest BCUT2D eigenvalue weighted by Gasteiger charge is 2.23. The number of nitrogens with zero attached hydrogens (tertiary/aromatic N) is 3. The Hall–Kier alpha value is -2.89. The zero-order valence-electron chi connectivity index (χ0n) is 19.5. The number of hydrogen-bond acceptors (Lipinski definition) is 4. The van der Waals surface area contributed by atoms with E-state index >= 15 is 0 Å². The van der Waals surface area contributed by atoms with Crippen molar-refractivity contribution in [2.24, 2.45) is 7.05 Å². The SMILES string of the molecule is C=CCC[C@H](O)CN(CCC)Cc1c(-c2ccccc2)nn(C)c1Oc1cccc(C)c1. The highest BCUT2D eigenvalue weighted by atomic mass is 16.5. The number of benzene rings is 2. The molecule has 0 spiro atoms. The van der Waals surface area contributed by atoms with Gasteiger partial charge in [0.2, 0.25) is 5.88 Å². The van der Waals surface area contributed by atoms with Gasteiger partial charge >= 0.3 is 0 Å². The maximum atomic E-state index is 10.5. The van der Waals surface area contributed by atoms with Crippen molar-refractivity contribution < 1.29 is 9.84 Å². The van der Waals surface area contributed by atoms with Gasteiger partial charge in [0.05, 0.1) is 11.7 Å². The van der Waals surface area contributed by atoms with Crippen molar-refractivity contribution in [1.29, 1.82) is 0 Å². The molecule has 0 unspecified atom stereocenters. The van der Waals surface area contributed by atoms with Crippen molar-refractivity contribution >= 4 is 0 Å².